The topological polar surface area (TPSA) is 68.0 Å². The van der Waals surface area contributed by atoms with Crippen LogP contribution < -0.4 is 11.1 Å². The summed E-state index contributed by atoms with van der Waals surface area (Å²) in [7, 11) is 0. The second-order valence-electron chi connectivity index (χ2n) is 7.83. The number of nitrogens with one attached hydrogen (secondary N) is 1. The van der Waals surface area contributed by atoms with E-state index in [9.17, 15) is 18.0 Å². The summed E-state index contributed by atoms with van der Waals surface area (Å²) < 4.78 is 38.6. The molecule has 0 radical (unpaired) electrons. The maximum Gasteiger partial charge on any atom is 0.416 e. The van der Waals surface area contributed by atoms with Crippen molar-refractivity contribution in [3.05, 3.63) is 113 Å². The number of carbonyl (C=O) groups is 1. The average molecular weight is 461 g/mol. The van der Waals surface area contributed by atoms with Crippen LogP contribution in [0, 0.1) is 0 Å². The number of carbonyl (C=O) groups excluding carboxylic acids is 1. The van der Waals surface area contributed by atoms with E-state index in [1.165, 1.54) is 12.1 Å². The minimum Gasteiger partial charge on any atom is -0.384 e. The molecule has 7 heteroatoms. The van der Waals surface area contributed by atoms with Crippen molar-refractivity contribution in [1.29, 1.82) is 0 Å². The number of benzene rings is 3. The molecule has 1 heterocycles. The van der Waals surface area contributed by atoms with Gasteiger partial charge in [-0.1, -0.05) is 48.5 Å². The molecule has 0 atom stereocenters. The molecule has 0 aliphatic carbocycles. The van der Waals surface area contributed by atoms with Gasteiger partial charge in [0, 0.05) is 16.9 Å². The number of halogens is 3. The fraction of sp³-hybridized carbons (Fsp3) is 0.111. The minimum absolute atomic E-state index is 0.341. The summed E-state index contributed by atoms with van der Waals surface area (Å²) in [5.74, 6) is 0.152. The number of aryl methyl sites for hydroxylation is 2. The number of rotatable bonds is 6. The lowest BCUT2D eigenvalue weighted by Crippen LogP contribution is -2.13. The summed E-state index contributed by atoms with van der Waals surface area (Å²) in [5.41, 5.74) is 9.07. The van der Waals surface area contributed by atoms with E-state index in [1.54, 1.807) is 30.3 Å². The number of anilines is 2. The quantitative estimate of drug-likeness (QED) is 0.350. The highest BCUT2D eigenvalue weighted by Gasteiger charge is 2.30. The van der Waals surface area contributed by atoms with Crippen LogP contribution in [0.5, 0.6) is 0 Å². The molecule has 3 aromatic carbocycles. The number of pyridine rings is 1. The fourth-order valence-electron chi connectivity index (χ4n) is 3.63. The molecule has 1 aromatic heterocycles. The van der Waals surface area contributed by atoms with Crippen LogP contribution in [-0.4, -0.2) is 10.9 Å². The first-order valence-electron chi connectivity index (χ1n) is 10.7. The van der Waals surface area contributed by atoms with Gasteiger partial charge in [0.15, 0.2) is 0 Å². The van der Waals surface area contributed by atoms with Gasteiger partial charge in [0.2, 0.25) is 0 Å². The maximum absolute atomic E-state index is 13.0. The van der Waals surface area contributed by atoms with Crippen LogP contribution in [0.1, 0.15) is 27.2 Å². The number of nitrogens with zero attached hydrogens (tertiary/aromatic N) is 1. The van der Waals surface area contributed by atoms with Crippen LogP contribution in [-0.2, 0) is 19.0 Å². The lowest BCUT2D eigenvalue weighted by Gasteiger charge is -2.12. The molecule has 0 unspecified atom stereocenters. The second kappa shape index (κ2) is 9.79. The first-order valence-corrected chi connectivity index (χ1v) is 10.7. The number of alkyl halides is 3. The van der Waals surface area contributed by atoms with Gasteiger partial charge in [0.25, 0.3) is 5.91 Å². The highest BCUT2D eigenvalue weighted by molar-refractivity contribution is 6.08. The summed E-state index contributed by atoms with van der Waals surface area (Å²) >= 11 is 0. The van der Waals surface area contributed by atoms with Crippen molar-refractivity contribution in [3.8, 4) is 11.1 Å². The zero-order chi connectivity index (χ0) is 24.1. The Balaban J connectivity index is 1.45. The molecule has 172 valence electrons. The summed E-state index contributed by atoms with van der Waals surface area (Å²) in [6, 6.07) is 24.7. The highest BCUT2D eigenvalue weighted by atomic mass is 19.4. The molecule has 0 saturated carbocycles. The molecular weight excluding hydrogens is 439 g/mol. The predicted octanol–water partition coefficient (Wildman–Crippen LogP) is 6.39. The van der Waals surface area contributed by atoms with Crippen LogP contribution >= 0.6 is 0 Å². The third-order valence-corrected chi connectivity index (χ3v) is 5.40. The molecule has 0 spiro atoms. The lowest BCUT2D eigenvalue weighted by atomic mass is 9.98. The Labute approximate surface area is 195 Å². The van der Waals surface area contributed by atoms with Crippen molar-refractivity contribution >= 4 is 17.4 Å². The third kappa shape index (κ3) is 5.61. The van der Waals surface area contributed by atoms with E-state index >= 15 is 0 Å². The molecule has 4 aromatic rings. The van der Waals surface area contributed by atoms with Crippen molar-refractivity contribution in [1.82, 2.24) is 4.98 Å². The van der Waals surface area contributed by atoms with E-state index < -0.39 is 11.7 Å². The van der Waals surface area contributed by atoms with E-state index in [-0.39, 0.29) is 5.91 Å². The molecule has 4 rings (SSSR count). The van der Waals surface area contributed by atoms with Crippen molar-refractivity contribution in [2.75, 3.05) is 11.1 Å². The molecule has 4 nitrogen and oxygen atoms in total. The molecule has 3 N–H and O–H groups in total. The van der Waals surface area contributed by atoms with Gasteiger partial charge in [-0.2, -0.15) is 13.2 Å². The number of hydrogen-bond acceptors (Lipinski definition) is 3. The van der Waals surface area contributed by atoms with Crippen LogP contribution in [0.25, 0.3) is 11.1 Å². The smallest absolute Gasteiger partial charge is 0.384 e. The van der Waals surface area contributed by atoms with Crippen LogP contribution in [0.15, 0.2) is 91.0 Å². The normalized spacial score (nSPS) is 11.3. The zero-order valence-corrected chi connectivity index (χ0v) is 18.1. The fourth-order valence-corrected chi connectivity index (χ4v) is 3.63. The van der Waals surface area contributed by atoms with Crippen molar-refractivity contribution in [2.45, 2.75) is 19.0 Å². The third-order valence-electron chi connectivity index (χ3n) is 5.40. The molecule has 0 bridgehead atoms. The van der Waals surface area contributed by atoms with Crippen LogP contribution in [0.4, 0.5) is 24.7 Å². The lowest BCUT2D eigenvalue weighted by molar-refractivity contribution is -0.137. The van der Waals surface area contributed by atoms with Gasteiger partial charge < -0.3 is 11.1 Å². The first-order chi connectivity index (χ1) is 16.3. The van der Waals surface area contributed by atoms with E-state index in [0.29, 0.717) is 28.2 Å². The zero-order valence-electron chi connectivity index (χ0n) is 18.1. The Hall–Kier alpha value is -4.13. The minimum atomic E-state index is -4.41. The van der Waals surface area contributed by atoms with Crippen molar-refractivity contribution in [2.24, 2.45) is 0 Å². The molecular formula is C27H22F3N3O. The largest absolute Gasteiger partial charge is 0.416 e. The molecule has 0 fully saturated rings. The summed E-state index contributed by atoms with van der Waals surface area (Å²) in [5, 5.41) is 2.86. The Bertz CT molecular complexity index is 1280. The highest BCUT2D eigenvalue weighted by Crippen LogP contribution is 2.32. The second-order valence-corrected chi connectivity index (χ2v) is 7.83. The Kier molecular flexibility index (Phi) is 6.63. The van der Waals surface area contributed by atoms with Crippen molar-refractivity contribution < 1.29 is 18.0 Å². The molecule has 0 aliphatic heterocycles. The first kappa shape index (κ1) is 23.0. The number of nitrogen functional groups attached to an aromatic ring is 1. The number of nitrogens with two attached hydrogens (primary N) is 1. The number of hydrogen-bond donors (Lipinski definition) is 2. The van der Waals surface area contributed by atoms with Gasteiger partial charge in [-0.3, -0.25) is 4.79 Å². The maximum atomic E-state index is 13.0. The summed E-state index contributed by atoms with van der Waals surface area (Å²) in [4.78, 5) is 17.2. The predicted molar refractivity (Wildman–Crippen MR) is 127 cm³/mol. The van der Waals surface area contributed by atoms with Crippen molar-refractivity contribution in [3.63, 3.8) is 0 Å². The van der Waals surface area contributed by atoms with Gasteiger partial charge in [0.05, 0.1) is 5.56 Å². The summed E-state index contributed by atoms with van der Waals surface area (Å²) in [6.45, 7) is 0. The average Bonchev–Trinajstić information content (AvgIpc) is 2.83. The van der Waals surface area contributed by atoms with Crippen LogP contribution in [0.3, 0.4) is 0 Å². The molecule has 34 heavy (non-hydrogen) atoms. The van der Waals surface area contributed by atoms with E-state index in [0.717, 1.165) is 36.2 Å². The Morgan fingerprint density at radius 1 is 0.824 bits per heavy atom. The van der Waals surface area contributed by atoms with E-state index in [4.69, 9.17) is 5.73 Å². The number of aromatic nitrogens is 1. The SMILES string of the molecule is Nc1cccc(CCc2ccc(NC(=O)c3ccccc3-c3ccc(C(F)(F)F)cc3)cc2)n1. The van der Waals surface area contributed by atoms with Gasteiger partial charge in [-0.15, -0.1) is 0 Å². The Morgan fingerprint density at radius 3 is 2.21 bits per heavy atom. The monoisotopic (exact) mass is 461 g/mol. The standard InChI is InChI=1S/C27H22F3N3O/c28-27(29,30)20-13-11-19(12-14-20)23-5-1-2-6-24(23)26(34)33-22-16-9-18(10-17-22)8-15-21-4-3-7-25(31)32-21/h1-7,9-14,16-17H,8,15H2,(H2,31,32)(H,33,34). The summed E-state index contributed by atoms with van der Waals surface area (Å²) in [6.07, 6.45) is -2.88. The van der Waals surface area contributed by atoms with Crippen LogP contribution in [0.2, 0.25) is 0 Å². The number of amides is 1. The Morgan fingerprint density at radius 2 is 1.53 bits per heavy atom. The van der Waals surface area contributed by atoms with Gasteiger partial charge in [-0.05, 0) is 72.0 Å². The molecule has 0 aliphatic rings. The van der Waals surface area contributed by atoms with Gasteiger partial charge >= 0.3 is 6.18 Å². The van der Waals surface area contributed by atoms with Gasteiger partial charge in [-0.25, -0.2) is 4.98 Å². The van der Waals surface area contributed by atoms with E-state index in [2.05, 4.69) is 10.3 Å². The molecule has 1 amide bonds. The molecule has 0 saturated heterocycles. The van der Waals surface area contributed by atoms with E-state index in [1.807, 2.05) is 36.4 Å². The van der Waals surface area contributed by atoms with Gasteiger partial charge in [0.1, 0.15) is 5.82 Å².